The van der Waals surface area contributed by atoms with E-state index < -0.39 is 15.9 Å². The largest absolute Gasteiger partial charge is 0.396 e. The first-order valence-corrected chi connectivity index (χ1v) is 8.09. The zero-order valence-corrected chi connectivity index (χ0v) is 10.7. The molecule has 0 aromatic carbocycles. The van der Waals surface area contributed by atoms with E-state index in [0.717, 1.165) is 25.7 Å². The molecule has 1 saturated heterocycles. The first-order chi connectivity index (χ1) is 8.02. The first-order valence-electron chi connectivity index (χ1n) is 6.27. The molecule has 0 bridgehead atoms. The summed E-state index contributed by atoms with van der Waals surface area (Å²) >= 11 is 0. The van der Waals surface area contributed by atoms with Gasteiger partial charge in [0, 0.05) is 18.7 Å². The molecule has 0 radical (unpaired) electrons. The van der Waals surface area contributed by atoms with E-state index in [9.17, 15) is 18.6 Å². The quantitative estimate of drug-likeness (QED) is 0.626. The Morgan fingerprint density at radius 3 is 2.41 bits per heavy atom. The fraction of sp³-hybridized carbons (Fsp3) is 1.00. The number of aliphatic hydroxyl groups excluding tert-OH is 2. The second-order valence-corrected chi connectivity index (χ2v) is 7.40. The van der Waals surface area contributed by atoms with E-state index in [1.54, 1.807) is 0 Å². The second-order valence-electron chi connectivity index (χ2n) is 5.25. The Labute approximate surface area is 102 Å². The van der Waals surface area contributed by atoms with Crippen molar-refractivity contribution in [2.75, 3.05) is 18.1 Å². The van der Waals surface area contributed by atoms with Gasteiger partial charge >= 0.3 is 0 Å². The van der Waals surface area contributed by atoms with Gasteiger partial charge in [-0.1, -0.05) is 12.8 Å². The average molecular weight is 263 g/mol. The van der Waals surface area contributed by atoms with E-state index in [0.29, 0.717) is 0 Å². The summed E-state index contributed by atoms with van der Waals surface area (Å²) < 4.78 is 22.8. The van der Waals surface area contributed by atoms with Crippen molar-refractivity contribution in [3.05, 3.63) is 0 Å². The lowest BCUT2D eigenvalue weighted by Crippen LogP contribution is -2.49. The molecular formula is C11H21NO4S. The SMILES string of the molecule is O=S1(=O)CC(O)C(NC2CCCCC2CO)C1. The molecule has 2 rings (SSSR count). The van der Waals surface area contributed by atoms with Crippen LogP contribution < -0.4 is 5.32 Å². The second kappa shape index (κ2) is 5.22. The van der Waals surface area contributed by atoms with E-state index in [1.807, 2.05) is 0 Å². The van der Waals surface area contributed by atoms with Gasteiger partial charge in [0.2, 0.25) is 0 Å². The van der Waals surface area contributed by atoms with Gasteiger partial charge in [-0.3, -0.25) is 0 Å². The average Bonchev–Trinajstić information content (AvgIpc) is 2.52. The Kier molecular flexibility index (Phi) is 4.07. The van der Waals surface area contributed by atoms with Gasteiger partial charge in [0.1, 0.15) is 0 Å². The highest BCUT2D eigenvalue weighted by atomic mass is 32.2. The molecule has 1 aliphatic heterocycles. The van der Waals surface area contributed by atoms with Gasteiger partial charge in [-0.15, -0.1) is 0 Å². The predicted molar refractivity (Wildman–Crippen MR) is 64.4 cm³/mol. The van der Waals surface area contributed by atoms with Crippen molar-refractivity contribution in [1.29, 1.82) is 0 Å². The Hall–Kier alpha value is -0.170. The van der Waals surface area contributed by atoms with Crippen molar-refractivity contribution >= 4 is 9.84 Å². The van der Waals surface area contributed by atoms with Crippen molar-refractivity contribution in [2.24, 2.45) is 5.92 Å². The van der Waals surface area contributed by atoms with Crippen molar-refractivity contribution in [3.63, 3.8) is 0 Å². The van der Waals surface area contributed by atoms with Gasteiger partial charge in [-0.25, -0.2) is 8.42 Å². The molecule has 17 heavy (non-hydrogen) atoms. The fourth-order valence-corrected chi connectivity index (χ4v) is 4.66. The van der Waals surface area contributed by atoms with Gasteiger partial charge in [-0.05, 0) is 18.8 Å². The molecule has 0 aromatic heterocycles. The van der Waals surface area contributed by atoms with Crippen LogP contribution in [0.2, 0.25) is 0 Å². The van der Waals surface area contributed by atoms with Crippen LogP contribution in [0.15, 0.2) is 0 Å². The number of hydrogen-bond donors (Lipinski definition) is 3. The summed E-state index contributed by atoms with van der Waals surface area (Å²) in [5, 5.41) is 22.2. The van der Waals surface area contributed by atoms with Crippen LogP contribution in [0.3, 0.4) is 0 Å². The minimum absolute atomic E-state index is 0.0167. The summed E-state index contributed by atoms with van der Waals surface area (Å²) in [5.41, 5.74) is 0. The van der Waals surface area contributed by atoms with Crippen LogP contribution in [0.25, 0.3) is 0 Å². The summed E-state index contributed by atoms with van der Waals surface area (Å²) in [6.45, 7) is 0.132. The van der Waals surface area contributed by atoms with Crippen LogP contribution in [-0.2, 0) is 9.84 Å². The molecule has 3 N–H and O–H groups in total. The Morgan fingerprint density at radius 2 is 1.82 bits per heavy atom. The van der Waals surface area contributed by atoms with E-state index in [-0.39, 0.29) is 36.1 Å². The molecule has 0 amide bonds. The van der Waals surface area contributed by atoms with Gasteiger partial charge in [0.15, 0.2) is 9.84 Å². The highest BCUT2D eigenvalue weighted by molar-refractivity contribution is 7.91. The van der Waals surface area contributed by atoms with Crippen LogP contribution in [0.1, 0.15) is 25.7 Å². The van der Waals surface area contributed by atoms with Crippen molar-refractivity contribution < 1.29 is 18.6 Å². The number of rotatable bonds is 3. The van der Waals surface area contributed by atoms with E-state index in [1.165, 1.54) is 0 Å². The summed E-state index contributed by atoms with van der Waals surface area (Å²) in [6, 6.07) is -0.223. The summed E-state index contributed by atoms with van der Waals surface area (Å²) in [4.78, 5) is 0. The maximum absolute atomic E-state index is 11.4. The third kappa shape index (κ3) is 3.19. The lowest BCUT2D eigenvalue weighted by atomic mass is 9.84. The van der Waals surface area contributed by atoms with Crippen LogP contribution in [0, 0.1) is 5.92 Å². The molecule has 0 spiro atoms. The smallest absolute Gasteiger partial charge is 0.154 e. The standard InChI is InChI=1S/C11H21NO4S/c13-5-8-3-1-2-4-9(8)12-10-6-17(15,16)7-11(10)14/h8-14H,1-7H2. The summed E-state index contributed by atoms with van der Waals surface area (Å²) in [5.74, 6) is 0.0727. The molecule has 4 unspecified atom stereocenters. The van der Waals surface area contributed by atoms with E-state index in [4.69, 9.17) is 0 Å². The van der Waals surface area contributed by atoms with Gasteiger partial charge < -0.3 is 15.5 Å². The van der Waals surface area contributed by atoms with Crippen LogP contribution in [0.5, 0.6) is 0 Å². The summed E-state index contributed by atoms with van der Waals surface area (Å²) in [7, 11) is -3.09. The number of hydrogen-bond acceptors (Lipinski definition) is 5. The van der Waals surface area contributed by atoms with Gasteiger partial charge in [0.05, 0.1) is 17.6 Å². The Morgan fingerprint density at radius 1 is 1.12 bits per heavy atom. The predicted octanol–water partition coefficient (Wildman–Crippen LogP) is -0.715. The van der Waals surface area contributed by atoms with E-state index >= 15 is 0 Å². The number of sulfone groups is 1. The van der Waals surface area contributed by atoms with Crippen LogP contribution in [-0.4, -0.2) is 54.9 Å². The third-order valence-corrected chi connectivity index (χ3v) is 5.61. The van der Waals surface area contributed by atoms with Gasteiger partial charge in [0.25, 0.3) is 0 Å². The van der Waals surface area contributed by atoms with Crippen LogP contribution >= 0.6 is 0 Å². The number of nitrogens with one attached hydrogen (secondary N) is 1. The molecule has 6 heteroatoms. The zero-order chi connectivity index (χ0) is 12.5. The fourth-order valence-electron chi connectivity index (χ4n) is 2.91. The molecule has 2 fully saturated rings. The lowest BCUT2D eigenvalue weighted by molar-refractivity contribution is 0.115. The van der Waals surface area contributed by atoms with Crippen molar-refractivity contribution in [1.82, 2.24) is 5.32 Å². The normalized spacial score (nSPS) is 41.5. The van der Waals surface area contributed by atoms with Gasteiger partial charge in [-0.2, -0.15) is 0 Å². The first kappa shape index (κ1) is 13.3. The summed E-state index contributed by atoms with van der Waals surface area (Å²) in [6.07, 6.45) is 3.35. The molecule has 1 aliphatic carbocycles. The molecule has 0 aromatic rings. The molecule has 1 heterocycles. The molecule has 4 atom stereocenters. The minimum atomic E-state index is -3.09. The Balaban J connectivity index is 1.96. The highest BCUT2D eigenvalue weighted by Crippen LogP contribution is 2.25. The molecular weight excluding hydrogens is 242 g/mol. The molecule has 1 saturated carbocycles. The van der Waals surface area contributed by atoms with Crippen LogP contribution in [0.4, 0.5) is 0 Å². The van der Waals surface area contributed by atoms with Crippen molar-refractivity contribution in [3.8, 4) is 0 Å². The maximum atomic E-state index is 11.4. The number of aliphatic hydroxyl groups is 2. The zero-order valence-electron chi connectivity index (χ0n) is 9.88. The third-order valence-electron chi connectivity index (χ3n) is 3.89. The Bertz CT molecular complexity index is 356. The lowest BCUT2D eigenvalue weighted by Gasteiger charge is -2.33. The molecule has 100 valence electrons. The molecule has 5 nitrogen and oxygen atoms in total. The van der Waals surface area contributed by atoms with Crippen molar-refractivity contribution in [2.45, 2.75) is 43.9 Å². The van der Waals surface area contributed by atoms with E-state index in [2.05, 4.69) is 5.32 Å². The monoisotopic (exact) mass is 263 g/mol. The minimum Gasteiger partial charge on any atom is -0.396 e. The topological polar surface area (TPSA) is 86.6 Å². The highest BCUT2D eigenvalue weighted by Gasteiger charge is 2.38. The molecule has 2 aliphatic rings. The maximum Gasteiger partial charge on any atom is 0.154 e.